The third kappa shape index (κ3) is 3.41. The average molecular weight is 309 g/mol. The van der Waals surface area contributed by atoms with Crippen LogP contribution in [0.2, 0.25) is 0 Å². The van der Waals surface area contributed by atoms with E-state index in [2.05, 4.69) is 10.9 Å². The van der Waals surface area contributed by atoms with Gasteiger partial charge in [0, 0.05) is 0 Å². The van der Waals surface area contributed by atoms with Crippen LogP contribution in [0.5, 0.6) is 0 Å². The second-order valence-electron chi connectivity index (χ2n) is 5.15. The summed E-state index contributed by atoms with van der Waals surface area (Å²) in [5.74, 6) is 2.36. The van der Waals surface area contributed by atoms with Gasteiger partial charge in [-0.25, -0.2) is 9.38 Å². The molecule has 0 saturated heterocycles. The molecule has 0 amide bonds. The maximum absolute atomic E-state index is 14.0. The van der Waals surface area contributed by atoms with Gasteiger partial charge in [-0.2, -0.15) is 0 Å². The molecular formula is C19H16FNO2. The van der Waals surface area contributed by atoms with Gasteiger partial charge < -0.3 is 9.47 Å². The van der Waals surface area contributed by atoms with Gasteiger partial charge in [-0.1, -0.05) is 48.4 Å². The Kier molecular flexibility index (Phi) is 4.70. The predicted octanol–water partition coefficient (Wildman–Crippen LogP) is 3.36. The highest BCUT2D eigenvalue weighted by Crippen LogP contribution is 2.31. The molecule has 0 bridgehead atoms. The van der Waals surface area contributed by atoms with Crippen molar-refractivity contribution in [2.75, 3.05) is 13.2 Å². The summed E-state index contributed by atoms with van der Waals surface area (Å²) in [6, 6.07) is 15.9. The van der Waals surface area contributed by atoms with Crippen molar-refractivity contribution in [1.82, 2.24) is 0 Å². The summed E-state index contributed by atoms with van der Waals surface area (Å²) in [6.07, 6.45) is 4.87. The third-order valence-corrected chi connectivity index (χ3v) is 3.58. The molecule has 0 aliphatic carbocycles. The lowest BCUT2D eigenvalue weighted by molar-refractivity contribution is 0.0598. The lowest BCUT2D eigenvalue weighted by Gasteiger charge is -2.17. The van der Waals surface area contributed by atoms with Gasteiger partial charge in [-0.3, -0.25) is 0 Å². The maximum Gasteiger partial charge on any atom is 0.220 e. The van der Waals surface area contributed by atoms with E-state index in [9.17, 15) is 4.39 Å². The lowest BCUT2D eigenvalue weighted by atomic mass is 10.0. The van der Waals surface area contributed by atoms with Crippen LogP contribution in [-0.4, -0.2) is 25.2 Å². The minimum Gasteiger partial charge on any atom is -0.469 e. The molecule has 1 aliphatic heterocycles. The van der Waals surface area contributed by atoms with Gasteiger partial charge in [0.1, 0.15) is 18.5 Å². The zero-order valence-electron chi connectivity index (χ0n) is 12.5. The van der Waals surface area contributed by atoms with Gasteiger partial charge in [0.15, 0.2) is 6.10 Å². The second-order valence-corrected chi connectivity index (χ2v) is 5.15. The Morgan fingerprint density at radius 2 is 1.87 bits per heavy atom. The number of terminal acetylenes is 1. The first-order valence-corrected chi connectivity index (χ1v) is 7.35. The second kappa shape index (κ2) is 7.08. The minimum atomic E-state index is -0.358. The smallest absolute Gasteiger partial charge is 0.220 e. The van der Waals surface area contributed by atoms with Crippen LogP contribution >= 0.6 is 0 Å². The van der Waals surface area contributed by atoms with Crippen LogP contribution in [0, 0.1) is 18.2 Å². The summed E-state index contributed by atoms with van der Waals surface area (Å²) in [6.45, 7) is 0.502. The molecule has 23 heavy (non-hydrogen) atoms. The van der Waals surface area contributed by atoms with E-state index >= 15 is 0 Å². The van der Waals surface area contributed by atoms with Crippen molar-refractivity contribution in [1.29, 1.82) is 0 Å². The average Bonchev–Trinajstić information content (AvgIpc) is 3.00. The Labute approximate surface area is 134 Å². The molecule has 0 spiro atoms. The van der Waals surface area contributed by atoms with Crippen molar-refractivity contribution < 1.29 is 13.9 Å². The van der Waals surface area contributed by atoms with Gasteiger partial charge in [0.2, 0.25) is 5.90 Å². The Balaban J connectivity index is 1.88. The first-order valence-electron chi connectivity index (χ1n) is 7.35. The van der Waals surface area contributed by atoms with Crippen molar-refractivity contribution in [3.8, 4) is 12.3 Å². The molecule has 0 radical (unpaired) electrons. The number of rotatable bonds is 5. The third-order valence-electron chi connectivity index (χ3n) is 3.58. The molecule has 2 atom stereocenters. The molecule has 2 aromatic rings. The van der Waals surface area contributed by atoms with Gasteiger partial charge in [0.25, 0.3) is 0 Å². The van der Waals surface area contributed by atoms with E-state index in [1.54, 1.807) is 18.2 Å². The van der Waals surface area contributed by atoms with Gasteiger partial charge >= 0.3 is 0 Å². The van der Waals surface area contributed by atoms with Crippen molar-refractivity contribution in [3.63, 3.8) is 0 Å². The van der Waals surface area contributed by atoms with Crippen molar-refractivity contribution in [3.05, 3.63) is 71.5 Å². The fourth-order valence-corrected chi connectivity index (χ4v) is 2.51. The van der Waals surface area contributed by atoms with Crippen LogP contribution in [0.3, 0.4) is 0 Å². The number of aliphatic imine (C=N–C) groups is 1. The first kappa shape index (κ1) is 15.3. The highest BCUT2D eigenvalue weighted by atomic mass is 19.1. The summed E-state index contributed by atoms with van der Waals surface area (Å²) < 4.78 is 25.2. The SMILES string of the molecule is C#CCOC[C@H]1OC(c2ccccc2F)=N[C@@H]1c1ccccc1. The molecule has 1 aliphatic rings. The molecule has 4 heteroatoms. The standard InChI is InChI=1S/C19H16FNO2/c1-2-12-22-13-17-18(14-8-4-3-5-9-14)21-19(23-17)15-10-6-7-11-16(15)20/h1,3-11,17-18H,12-13H2/t17-,18-/m1/s1. The zero-order chi connectivity index (χ0) is 16.1. The number of nitrogens with zero attached hydrogens (tertiary/aromatic N) is 1. The molecule has 2 aromatic carbocycles. The topological polar surface area (TPSA) is 30.8 Å². The Hall–Kier alpha value is -2.64. The van der Waals surface area contributed by atoms with E-state index in [4.69, 9.17) is 15.9 Å². The molecule has 0 fully saturated rings. The Morgan fingerprint density at radius 3 is 2.61 bits per heavy atom. The summed E-state index contributed by atoms with van der Waals surface area (Å²) in [7, 11) is 0. The monoisotopic (exact) mass is 309 g/mol. The van der Waals surface area contributed by atoms with Gasteiger partial charge in [0.05, 0.1) is 12.2 Å². The van der Waals surface area contributed by atoms with E-state index in [0.29, 0.717) is 18.1 Å². The quantitative estimate of drug-likeness (QED) is 0.626. The van der Waals surface area contributed by atoms with Gasteiger partial charge in [-0.15, -0.1) is 6.42 Å². The number of benzene rings is 2. The van der Waals surface area contributed by atoms with Crippen LogP contribution in [-0.2, 0) is 9.47 Å². The van der Waals surface area contributed by atoms with E-state index in [1.807, 2.05) is 30.3 Å². The normalized spacial score (nSPS) is 19.7. The number of hydrogen-bond donors (Lipinski definition) is 0. The van der Waals surface area contributed by atoms with Crippen molar-refractivity contribution in [2.24, 2.45) is 4.99 Å². The van der Waals surface area contributed by atoms with Crippen molar-refractivity contribution >= 4 is 5.90 Å². The van der Waals surface area contributed by atoms with Crippen LogP contribution in [0.4, 0.5) is 4.39 Å². The zero-order valence-corrected chi connectivity index (χ0v) is 12.5. The largest absolute Gasteiger partial charge is 0.469 e. The predicted molar refractivity (Wildman–Crippen MR) is 86.6 cm³/mol. The highest BCUT2D eigenvalue weighted by Gasteiger charge is 2.33. The fourth-order valence-electron chi connectivity index (χ4n) is 2.51. The van der Waals surface area contributed by atoms with Gasteiger partial charge in [-0.05, 0) is 17.7 Å². The highest BCUT2D eigenvalue weighted by molar-refractivity contribution is 5.95. The van der Waals surface area contributed by atoms with Crippen molar-refractivity contribution in [2.45, 2.75) is 12.1 Å². The summed E-state index contributed by atoms with van der Waals surface area (Å²) >= 11 is 0. The van der Waals surface area contributed by atoms with Crippen LogP contribution in [0.15, 0.2) is 59.6 Å². The number of halogens is 1. The molecule has 0 saturated carbocycles. The molecular weight excluding hydrogens is 293 g/mol. The molecule has 0 unspecified atom stereocenters. The molecule has 3 rings (SSSR count). The summed E-state index contributed by atoms with van der Waals surface area (Å²) in [5, 5.41) is 0. The van der Waals surface area contributed by atoms with Crippen LogP contribution < -0.4 is 0 Å². The molecule has 0 aromatic heterocycles. The Bertz CT molecular complexity index is 737. The molecule has 116 valence electrons. The number of ether oxygens (including phenoxy) is 2. The summed E-state index contributed by atoms with van der Waals surface area (Å²) in [4.78, 5) is 4.57. The molecule has 1 heterocycles. The Morgan fingerprint density at radius 1 is 1.13 bits per heavy atom. The van der Waals surface area contributed by atoms with Crippen LogP contribution in [0.25, 0.3) is 0 Å². The van der Waals surface area contributed by atoms with E-state index in [0.717, 1.165) is 5.56 Å². The van der Waals surface area contributed by atoms with E-state index in [1.165, 1.54) is 6.07 Å². The van der Waals surface area contributed by atoms with E-state index < -0.39 is 0 Å². The number of hydrogen-bond acceptors (Lipinski definition) is 3. The lowest BCUT2D eigenvalue weighted by Crippen LogP contribution is -2.23. The summed E-state index contributed by atoms with van der Waals surface area (Å²) in [5.41, 5.74) is 1.35. The first-order chi connectivity index (χ1) is 11.3. The maximum atomic E-state index is 14.0. The minimum absolute atomic E-state index is 0.205. The van der Waals surface area contributed by atoms with Crippen LogP contribution in [0.1, 0.15) is 17.2 Å². The fraction of sp³-hybridized carbons (Fsp3) is 0.211. The van der Waals surface area contributed by atoms with E-state index in [-0.39, 0.29) is 24.6 Å². The molecule has 0 N–H and O–H groups in total. The molecule has 3 nitrogen and oxygen atoms in total.